The van der Waals surface area contributed by atoms with Crippen LogP contribution in [0.2, 0.25) is 5.02 Å². The molecule has 5 heteroatoms. The lowest BCUT2D eigenvalue weighted by Gasteiger charge is -2.10. The molecule has 0 aliphatic carbocycles. The fourth-order valence-corrected chi connectivity index (χ4v) is 2.43. The summed E-state index contributed by atoms with van der Waals surface area (Å²) >= 11 is 5.96. The summed E-state index contributed by atoms with van der Waals surface area (Å²) in [6, 6.07) is 7.50. The van der Waals surface area contributed by atoms with Gasteiger partial charge in [0.15, 0.2) is 11.6 Å². The molecular weight excluding hydrogens is 274 g/mol. The van der Waals surface area contributed by atoms with Gasteiger partial charge in [-0.2, -0.15) is 0 Å². The quantitative estimate of drug-likeness (QED) is 0.940. The molecule has 20 heavy (non-hydrogen) atoms. The highest BCUT2D eigenvalue weighted by Crippen LogP contribution is 2.20. The standard InChI is InChI=1S/C15H16ClN3O/c16-13-3-1-2-12(6-13)15-18-8-14(9-19-15)20-10-11-4-5-17-7-11/h1-3,6,8-9,11,17H,4-5,7,10H2. The van der Waals surface area contributed by atoms with E-state index in [0.29, 0.717) is 29.1 Å². The molecule has 0 bridgehead atoms. The highest BCUT2D eigenvalue weighted by atomic mass is 35.5. The van der Waals surface area contributed by atoms with Gasteiger partial charge < -0.3 is 10.1 Å². The van der Waals surface area contributed by atoms with Crippen molar-refractivity contribution in [2.24, 2.45) is 5.92 Å². The Morgan fingerprint density at radius 2 is 2.15 bits per heavy atom. The molecule has 104 valence electrons. The van der Waals surface area contributed by atoms with Gasteiger partial charge in [0.05, 0.1) is 19.0 Å². The van der Waals surface area contributed by atoms with E-state index in [1.807, 2.05) is 24.3 Å². The molecule has 1 aliphatic heterocycles. The molecule has 1 fully saturated rings. The SMILES string of the molecule is Clc1cccc(-c2ncc(OCC3CCNC3)cn2)c1. The fourth-order valence-electron chi connectivity index (χ4n) is 2.24. The van der Waals surface area contributed by atoms with E-state index in [1.54, 1.807) is 12.4 Å². The summed E-state index contributed by atoms with van der Waals surface area (Å²) in [7, 11) is 0. The number of halogens is 1. The zero-order valence-electron chi connectivity index (χ0n) is 11.1. The zero-order chi connectivity index (χ0) is 13.8. The van der Waals surface area contributed by atoms with E-state index < -0.39 is 0 Å². The minimum atomic E-state index is 0.586. The van der Waals surface area contributed by atoms with Gasteiger partial charge in [-0.1, -0.05) is 23.7 Å². The molecule has 0 amide bonds. The maximum absolute atomic E-state index is 5.96. The van der Waals surface area contributed by atoms with E-state index in [4.69, 9.17) is 16.3 Å². The Morgan fingerprint density at radius 3 is 2.85 bits per heavy atom. The highest BCUT2D eigenvalue weighted by molar-refractivity contribution is 6.30. The predicted octanol–water partition coefficient (Wildman–Crippen LogP) is 2.79. The molecule has 1 atom stereocenters. The van der Waals surface area contributed by atoms with Crippen LogP contribution in [0, 0.1) is 5.92 Å². The average Bonchev–Trinajstić information content (AvgIpc) is 2.99. The van der Waals surface area contributed by atoms with Crippen molar-refractivity contribution >= 4 is 11.6 Å². The van der Waals surface area contributed by atoms with Crippen LogP contribution in [0.15, 0.2) is 36.7 Å². The summed E-state index contributed by atoms with van der Waals surface area (Å²) in [5.41, 5.74) is 0.907. The van der Waals surface area contributed by atoms with Crippen LogP contribution < -0.4 is 10.1 Å². The fraction of sp³-hybridized carbons (Fsp3) is 0.333. The van der Waals surface area contributed by atoms with Crippen molar-refractivity contribution in [3.05, 3.63) is 41.7 Å². The molecule has 2 heterocycles. The number of hydrogen-bond acceptors (Lipinski definition) is 4. The summed E-state index contributed by atoms with van der Waals surface area (Å²) in [4.78, 5) is 8.65. The summed E-state index contributed by atoms with van der Waals surface area (Å²) < 4.78 is 5.71. The van der Waals surface area contributed by atoms with Crippen molar-refractivity contribution in [2.75, 3.05) is 19.7 Å². The van der Waals surface area contributed by atoms with Crippen molar-refractivity contribution in [1.82, 2.24) is 15.3 Å². The first-order valence-corrected chi connectivity index (χ1v) is 7.10. The lowest BCUT2D eigenvalue weighted by molar-refractivity contribution is 0.258. The molecule has 1 saturated heterocycles. The second-order valence-electron chi connectivity index (χ2n) is 4.92. The van der Waals surface area contributed by atoms with Gasteiger partial charge in [-0.25, -0.2) is 9.97 Å². The molecule has 1 N–H and O–H groups in total. The van der Waals surface area contributed by atoms with E-state index in [1.165, 1.54) is 6.42 Å². The molecule has 0 radical (unpaired) electrons. The lowest BCUT2D eigenvalue weighted by atomic mass is 10.1. The van der Waals surface area contributed by atoms with Crippen molar-refractivity contribution in [2.45, 2.75) is 6.42 Å². The first kappa shape index (κ1) is 13.3. The number of ether oxygens (including phenoxy) is 1. The number of nitrogens with zero attached hydrogens (tertiary/aromatic N) is 2. The number of benzene rings is 1. The van der Waals surface area contributed by atoms with E-state index in [2.05, 4.69) is 15.3 Å². The first-order chi connectivity index (χ1) is 9.81. The maximum Gasteiger partial charge on any atom is 0.159 e. The van der Waals surface area contributed by atoms with Gasteiger partial charge in [0.1, 0.15) is 0 Å². The molecule has 0 saturated carbocycles. The largest absolute Gasteiger partial charge is 0.490 e. The van der Waals surface area contributed by atoms with Gasteiger partial charge in [-0.15, -0.1) is 0 Å². The number of hydrogen-bond donors (Lipinski definition) is 1. The Kier molecular flexibility index (Phi) is 4.14. The minimum absolute atomic E-state index is 0.586. The molecule has 0 spiro atoms. The van der Waals surface area contributed by atoms with Crippen LogP contribution in [0.1, 0.15) is 6.42 Å². The molecule has 4 nitrogen and oxygen atoms in total. The van der Waals surface area contributed by atoms with E-state index in [9.17, 15) is 0 Å². The molecule has 1 unspecified atom stereocenters. The number of nitrogens with one attached hydrogen (secondary N) is 1. The van der Waals surface area contributed by atoms with E-state index >= 15 is 0 Å². The van der Waals surface area contributed by atoms with Crippen molar-refractivity contribution < 1.29 is 4.74 Å². The van der Waals surface area contributed by atoms with Crippen LogP contribution in [0.4, 0.5) is 0 Å². The normalized spacial score (nSPS) is 18.1. The maximum atomic E-state index is 5.96. The highest BCUT2D eigenvalue weighted by Gasteiger charge is 2.15. The van der Waals surface area contributed by atoms with Gasteiger partial charge in [-0.3, -0.25) is 0 Å². The van der Waals surface area contributed by atoms with Crippen LogP contribution >= 0.6 is 11.6 Å². The summed E-state index contributed by atoms with van der Waals surface area (Å²) in [5, 5.41) is 4.00. The second kappa shape index (κ2) is 6.20. The third kappa shape index (κ3) is 3.26. The van der Waals surface area contributed by atoms with Crippen LogP contribution in [-0.4, -0.2) is 29.7 Å². The van der Waals surface area contributed by atoms with Gasteiger partial charge in [0.2, 0.25) is 0 Å². The third-order valence-electron chi connectivity index (χ3n) is 3.36. The number of rotatable bonds is 4. The van der Waals surface area contributed by atoms with Crippen molar-refractivity contribution in [1.29, 1.82) is 0 Å². The Labute approximate surface area is 123 Å². The van der Waals surface area contributed by atoms with Crippen molar-refractivity contribution in [3.63, 3.8) is 0 Å². The minimum Gasteiger partial charge on any atom is -0.490 e. The Hall–Kier alpha value is -1.65. The van der Waals surface area contributed by atoms with E-state index in [-0.39, 0.29) is 0 Å². The molecular formula is C15H16ClN3O. The summed E-state index contributed by atoms with van der Waals surface area (Å²) in [5.74, 6) is 1.95. The Balaban J connectivity index is 1.65. The zero-order valence-corrected chi connectivity index (χ0v) is 11.8. The van der Waals surface area contributed by atoms with Gasteiger partial charge in [0.25, 0.3) is 0 Å². The lowest BCUT2D eigenvalue weighted by Crippen LogP contribution is -2.15. The van der Waals surface area contributed by atoms with Crippen LogP contribution in [0.3, 0.4) is 0 Å². The van der Waals surface area contributed by atoms with E-state index in [0.717, 1.165) is 18.7 Å². The van der Waals surface area contributed by atoms with Crippen molar-refractivity contribution in [3.8, 4) is 17.1 Å². The molecule has 1 aromatic heterocycles. The van der Waals surface area contributed by atoms with Gasteiger partial charge >= 0.3 is 0 Å². The monoisotopic (exact) mass is 289 g/mol. The molecule has 1 aliphatic rings. The summed E-state index contributed by atoms with van der Waals surface area (Å²) in [6.45, 7) is 2.83. The second-order valence-corrected chi connectivity index (χ2v) is 5.36. The third-order valence-corrected chi connectivity index (χ3v) is 3.59. The summed E-state index contributed by atoms with van der Waals surface area (Å²) in [6.07, 6.45) is 4.60. The predicted molar refractivity (Wildman–Crippen MR) is 78.9 cm³/mol. The topological polar surface area (TPSA) is 47.0 Å². The van der Waals surface area contributed by atoms with Crippen LogP contribution in [-0.2, 0) is 0 Å². The van der Waals surface area contributed by atoms with Crippen LogP contribution in [0.5, 0.6) is 5.75 Å². The average molecular weight is 290 g/mol. The first-order valence-electron chi connectivity index (χ1n) is 6.73. The molecule has 3 rings (SSSR count). The Morgan fingerprint density at radius 1 is 1.30 bits per heavy atom. The number of aromatic nitrogens is 2. The van der Waals surface area contributed by atoms with Crippen LogP contribution in [0.25, 0.3) is 11.4 Å². The smallest absolute Gasteiger partial charge is 0.159 e. The van der Waals surface area contributed by atoms with Gasteiger partial charge in [-0.05, 0) is 25.1 Å². The molecule has 2 aromatic rings. The Bertz CT molecular complexity index is 568. The molecule has 1 aromatic carbocycles. The van der Waals surface area contributed by atoms with Gasteiger partial charge in [0, 0.05) is 23.0 Å².